The van der Waals surface area contributed by atoms with E-state index in [2.05, 4.69) is 44.6 Å². The van der Waals surface area contributed by atoms with Crippen LogP contribution in [0, 0.1) is 39.0 Å². The summed E-state index contributed by atoms with van der Waals surface area (Å²) in [5, 5.41) is 36.3. The number of carboxylic acids is 1. The normalized spacial score (nSPS) is 20.5. The number of thiazole rings is 1. The molecule has 64 heavy (non-hydrogen) atoms. The molecule has 0 saturated carbocycles. The number of carbonyl (C=O) groups excluding carboxylic acids is 3. The number of fused-ring (bicyclic) bond motifs is 3. The van der Waals surface area contributed by atoms with Crippen LogP contribution in [0.5, 0.6) is 0 Å². The number of carboxylic acid groups (broad SMARTS) is 1. The van der Waals surface area contributed by atoms with Gasteiger partial charge in [-0.15, -0.1) is 32.9 Å². The molecular weight excluding hydrogens is 851 g/mol. The second-order valence-electron chi connectivity index (χ2n) is 18.3. The Kier molecular flexibility index (Phi) is 12.4. The van der Waals surface area contributed by atoms with Crippen molar-refractivity contribution in [3.63, 3.8) is 0 Å². The van der Waals surface area contributed by atoms with Gasteiger partial charge in [0.2, 0.25) is 17.7 Å². The van der Waals surface area contributed by atoms with E-state index in [0.717, 1.165) is 54.0 Å². The van der Waals surface area contributed by atoms with E-state index in [4.69, 9.17) is 4.99 Å². The number of hydrogen-bond acceptors (Lipinski definition) is 12. The van der Waals surface area contributed by atoms with E-state index in [1.807, 2.05) is 100 Å². The molecule has 0 aliphatic carbocycles. The third-order valence-electron chi connectivity index (χ3n) is 12.7. The number of rotatable bonds is 11. The summed E-state index contributed by atoms with van der Waals surface area (Å²) in [7, 11) is 0. The Morgan fingerprint density at radius 3 is 2.28 bits per heavy atom. The lowest BCUT2D eigenvalue weighted by molar-refractivity contribution is -0.144. The van der Waals surface area contributed by atoms with Gasteiger partial charge in [-0.25, -0.2) is 4.98 Å². The summed E-state index contributed by atoms with van der Waals surface area (Å²) in [6.45, 7) is 16.5. The maximum Gasteiger partial charge on any atom is 0.306 e. The van der Waals surface area contributed by atoms with Gasteiger partial charge in [-0.3, -0.25) is 28.7 Å². The van der Waals surface area contributed by atoms with E-state index in [1.54, 1.807) is 22.7 Å². The maximum absolute atomic E-state index is 14.4. The van der Waals surface area contributed by atoms with E-state index < -0.39 is 47.4 Å². The van der Waals surface area contributed by atoms with Crippen LogP contribution in [0.1, 0.15) is 104 Å². The first-order valence-electron chi connectivity index (χ1n) is 21.7. The number of nitrogens with zero attached hydrogens (tertiary/aromatic N) is 7. The first kappa shape index (κ1) is 44.8. The topological polar surface area (TPSA) is 195 Å². The smallest absolute Gasteiger partial charge is 0.306 e. The lowest BCUT2D eigenvalue weighted by Crippen LogP contribution is -2.58. The Balaban J connectivity index is 0.938. The molecule has 6 atom stereocenters. The van der Waals surface area contributed by atoms with Gasteiger partial charge < -0.3 is 30.6 Å². The third-order valence-corrected chi connectivity index (χ3v) is 14.9. The standard InChI is InChI=1S/C47H55N9O6S2/c1-24-27(4)64-46-38(24)39(50-35(20-37(58)59)42-53-52-28(5)56(42)46)30-13-15-33(16-14-30)54-18-17-32(21-54)43(60)51-41(47(6,7)8)45(62)55-22-34(57)19-36(55)44(61)49-25(2)29-9-11-31(12-10-29)40-26(3)48-23-63-40/h9-16,23,25,32,34-36,41,57H,17-22H2,1-8H3,(H,49,61)(H,51,60)(H,58,59)/t25?,32-,34+,35-,36-,41?/m0/s1. The zero-order chi connectivity index (χ0) is 45.8. The van der Waals surface area contributed by atoms with Gasteiger partial charge in [-0.2, -0.15) is 0 Å². The lowest BCUT2D eigenvalue weighted by atomic mass is 9.85. The second-order valence-corrected chi connectivity index (χ2v) is 20.4. The molecule has 3 amide bonds. The summed E-state index contributed by atoms with van der Waals surface area (Å²) in [6.07, 6.45) is -0.435. The van der Waals surface area contributed by atoms with Crippen molar-refractivity contribution < 1.29 is 29.4 Å². The molecule has 8 rings (SSSR count). The predicted octanol–water partition coefficient (Wildman–Crippen LogP) is 6.25. The number of aromatic nitrogens is 4. The summed E-state index contributed by atoms with van der Waals surface area (Å²) in [5.41, 5.74) is 8.49. The molecular formula is C47H55N9O6S2. The number of benzene rings is 2. The Labute approximate surface area is 380 Å². The van der Waals surface area contributed by atoms with Crippen LogP contribution < -0.4 is 15.5 Å². The van der Waals surface area contributed by atoms with Crippen molar-refractivity contribution in [3.05, 3.63) is 98.5 Å². The number of aliphatic imine (C=N–C) groups is 1. The van der Waals surface area contributed by atoms with Crippen LogP contribution in [0.4, 0.5) is 5.69 Å². The zero-order valence-corrected chi connectivity index (χ0v) is 39.0. The molecule has 4 N–H and O–H groups in total. The Hall–Kier alpha value is -5.78. The monoisotopic (exact) mass is 905 g/mol. The van der Waals surface area contributed by atoms with Crippen molar-refractivity contribution in [2.24, 2.45) is 16.3 Å². The van der Waals surface area contributed by atoms with Crippen LogP contribution >= 0.6 is 22.7 Å². The zero-order valence-electron chi connectivity index (χ0n) is 37.4. The number of β-amino-alcohol motifs (C(OH)–C–C–N with tert-alkyl or cyclic N) is 1. The highest BCUT2D eigenvalue weighted by Gasteiger charge is 2.45. The van der Waals surface area contributed by atoms with Crippen molar-refractivity contribution in [2.75, 3.05) is 24.5 Å². The number of aryl methyl sites for hydroxylation is 3. The highest BCUT2D eigenvalue weighted by molar-refractivity contribution is 7.15. The average Bonchev–Trinajstić information content (AvgIpc) is 4.10. The molecule has 2 fully saturated rings. The molecule has 0 spiro atoms. The number of nitrogens with one attached hydrogen (secondary N) is 2. The van der Waals surface area contributed by atoms with Gasteiger partial charge in [0, 0.05) is 47.7 Å². The first-order valence-corrected chi connectivity index (χ1v) is 23.4. The molecule has 2 saturated heterocycles. The Morgan fingerprint density at radius 1 is 0.922 bits per heavy atom. The molecule has 6 heterocycles. The minimum absolute atomic E-state index is 0.00963. The van der Waals surface area contributed by atoms with Gasteiger partial charge in [0.05, 0.1) is 46.3 Å². The van der Waals surface area contributed by atoms with Crippen LogP contribution in [-0.2, 0) is 19.2 Å². The first-order chi connectivity index (χ1) is 30.4. The van der Waals surface area contributed by atoms with Crippen molar-refractivity contribution in [1.29, 1.82) is 0 Å². The number of aliphatic carboxylic acids is 1. The van der Waals surface area contributed by atoms with Crippen LogP contribution in [-0.4, -0.2) is 102 Å². The van der Waals surface area contributed by atoms with E-state index in [9.17, 15) is 29.4 Å². The molecule has 2 unspecified atom stereocenters. The van der Waals surface area contributed by atoms with Crippen molar-refractivity contribution in [2.45, 2.75) is 105 Å². The summed E-state index contributed by atoms with van der Waals surface area (Å²) in [6, 6.07) is 13.0. The predicted molar refractivity (Wildman–Crippen MR) is 247 cm³/mol. The van der Waals surface area contributed by atoms with Crippen molar-refractivity contribution >= 4 is 57.8 Å². The molecule has 3 aromatic heterocycles. The fraction of sp³-hybridized carbons (Fsp3) is 0.447. The maximum atomic E-state index is 14.4. The van der Waals surface area contributed by atoms with Crippen LogP contribution in [0.15, 0.2) is 59.0 Å². The fourth-order valence-corrected chi connectivity index (χ4v) is 11.0. The quantitative estimate of drug-likeness (QED) is 0.118. The number of carbonyl (C=O) groups is 4. The van der Waals surface area contributed by atoms with Gasteiger partial charge in [0.1, 0.15) is 29.0 Å². The van der Waals surface area contributed by atoms with E-state index >= 15 is 0 Å². The van der Waals surface area contributed by atoms with Gasteiger partial charge >= 0.3 is 5.97 Å². The molecule has 2 aromatic carbocycles. The molecule has 336 valence electrons. The molecule has 0 bridgehead atoms. The summed E-state index contributed by atoms with van der Waals surface area (Å²) in [5.74, 6) is -1.21. The van der Waals surface area contributed by atoms with Gasteiger partial charge in [0.25, 0.3) is 0 Å². The van der Waals surface area contributed by atoms with Crippen LogP contribution in [0.2, 0.25) is 0 Å². The third kappa shape index (κ3) is 8.72. The SMILES string of the molecule is Cc1ncsc1-c1ccc(C(C)NC(=O)[C@@H]2C[C@@H](O)CN2C(=O)C(NC(=O)[C@H]2CCN(c3ccc(C4=N[C@@H](CC(=O)O)c5nnc(C)n5-c5sc(C)c(C)c54)cc3)C2)C(C)(C)C)cc1. The van der Waals surface area contributed by atoms with Gasteiger partial charge in [0.15, 0.2) is 5.82 Å². The molecule has 3 aliphatic rings. The molecule has 15 nitrogen and oxygen atoms in total. The number of hydrogen-bond donors (Lipinski definition) is 4. The Bertz CT molecular complexity index is 2630. The number of anilines is 1. The van der Waals surface area contributed by atoms with E-state index in [0.29, 0.717) is 36.9 Å². The molecule has 3 aliphatic heterocycles. The van der Waals surface area contributed by atoms with Gasteiger partial charge in [-0.1, -0.05) is 57.2 Å². The number of likely N-dealkylation sites (tertiary alicyclic amines) is 1. The Morgan fingerprint density at radius 2 is 1.62 bits per heavy atom. The minimum atomic E-state index is -0.979. The van der Waals surface area contributed by atoms with E-state index in [-0.39, 0.29) is 37.2 Å². The van der Waals surface area contributed by atoms with Gasteiger partial charge in [-0.05, 0) is 75.3 Å². The van der Waals surface area contributed by atoms with Crippen molar-refractivity contribution in [3.8, 4) is 15.4 Å². The van der Waals surface area contributed by atoms with E-state index in [1.165, 1.54) is 4.90 Å². The molecule has 5 aromatic rings. The summed E-state index contributed by atoms with van der Waals surface area (Å²) >= 11 is 3.19. The minimum Gasteiger partial charge on any atom is -0.481 e. The lowest BCUT2D eigenvalue weighted by Gasteiger charge is -2.36. The largest absolute Gasteiger partial charge is 0.481 e. The summed E-state index contributed by atoms with van der Waals surface area (Å²) in [4.78, 5) is 69.4. The fourth-order valence-electron chi connectivity index (χ4n) is 9.00. The molecule has 0 radical (unpaired) electrons. The number of amides is 3. The highest BCUT2D eigenvalue weighted by Crippen LogP contribution is 2.40. The van der Waals surface area contributed by atoms with Crippen molar-refractivity contribution in [1.82, 2.24) is 35.3 Å². The van der Waals surface area contributed by atoms with Crippen LogP contribution in [0.3, 0.4) is 0 Å². The average molecular weight is 906 g/mol. The summed E-state index contributed by atoms with van der Waals surface area (Å²) < 4.78 is 1.93. The van der Waals surface area contributed by atoms with Crippen LogP contribution in [0.25, 0.3) is 15.4 Å². The number of aliphatic hydroxyl groups is 1. The number of aliphatic hydroxyl groups excluding tert-OH is 1. The molecule has 17 heteroatoms. The highest BCUT2D eigenvalue weighted by atomic mass is 32.1. The number of thiophene rings is 1. The second kappa shape index (κ2) is 17.7.